The summed E-state index contributed by atoms with van der Waals surface area (Å²) in [5.41, 5.74) is 2.93. The predicted molar refractivity (Wildman–Crippen MR) is 99.7 cm³/mol. The van der Waals surface area contributed by atoms with E-state index in [1.807, 2.05) is 24.4 Å². The number of halogens is 3. The molecule has 0 aliphatic carbocycles. The number of nitrogens with zero attached hydrogens (tertiary/aromatic N) is 1. The average molecular weight is 398 g/mol. The summed E-state index contributed by atoms with van der Waals surface area (Å²) >= 11 is 3.49. The third-order valence-corrected chi connectivity index (χ3v) is 4.83. The molecule has 4 heteroatoms. The lowest BCUT2D eigenvalue weighted by Gasteiger charge is -2.21. The zero-order valence-electron chi connectivity index (χ0n) is 13.2. The summed E-state index contributed by atoms with van der Waals surface area (Å²) in [6.45, 7) is 0. The van der Waals surface area contributed by atoms with Gasteiger partial charge in [0.05, 0.1) is 6.04 Å². The van der Waals surface area contributed by atoms with Crippen molar-refractivity contribution in [3.63, 3.8) is 0 Å². The van der Waals surface area contributed by atoms with Crippen LogP contribution in [0.4, 0.5) is 8.78 Å². The second-order valence-electron chi connectivity index (χ2n) is 5.93. The predicted octanol–water partition coefficient (Wildman–Crippen LogP) is 6.32. The van der Waals surface area contributed by atoms with Gasteiger partial charge in [0.2, 0.25) is 0 Å². The van der Waals surface area contributed by atoms with Gasteiger partial charge in [-0.2, -0.15) is 0 Å². The van der Waals surface area contributed by atoms with Crippen molar-refractivity contribution >= 4 is 26.8 Å². The van der Waals surface area contributed by atoms with Crippen LogP contribution in [0, 0.1) is 11.6 Å². The van der Waals surface area contributed by atoms with E-state index in [2.05, 4.69) is 26.6 Å². The largest absolute Gasteiger partial charge is 0.336 e. The highest BCUT2D eigenvalue weighted by Crippen LogP contribution is 2.32. The number of fused-ring (bicyclic) bond motifs is 1. The molecule has 0 radical (unpaired) electrons. The highest BCUT2D eigenvalue weighted by Gasteiger charge is 2.18. The van der Waals surface area contributed by atoms with Crippen molar-refractivity contribution in [1.29, 1.82) is 0 Å². The third kappa shape index (κ3) is 3.10. The van der Waals surface area contributed by atoms with Crippen LogP contribution in [0.2, 0.25) is 0 Å². The zero-order chi connectivity index (χ0) is 17.4. The van der Waals surface area contributed by atoms with Gasteiger partial charge in [-0.1, -0.05) is 40.2 Å². The standard InChI is InChI=1S/C21H14BrF2N/c22-17-5-10-20-16(13-17)11-12-25(20)21(14-1-6-18(23)7-2-14)15-3-8-19(24)9-4-15/h1-13,21H. The molecule has 0 aliphatic heterocycles. The average Bonchev–Trinajstić information content (AvgIpc) is 3.01. The van der Waals surface area contributed by atoms with Gasteiger partial charge in [-0.15, -0.1) is 0 Å². The number of benzene rings is 3. The van der Waals surface area contributed by atoms with Gasteiger partial charge in [-0.25, -0.2) is 8.78 Å². The van der Waals surface area contributed by atoms with Crippen LogP contribution in [-0.4, -0.2) is 4.57 Å². The summed E-state index contributed by atoms with van der Waals surface area (Å²) in [7, 11) is 0. The van der Waals surface area contributed by atoms with Crippen LogP contribution in [-0.2, 0) is 0 Å². The summed E-state index contributed by atoms with van der Waals surface area (Å²) < 4.78 is 29.9. The topological polar surface area (TPSA) is 4.93 Å². The quantitative estimate of drug-likeness (QED) is 0.381. The second-order valence-corrected chi connectivity index (χ2v) is 6.85. The Morgan fingerprint density at radius 1 is 0.720 bits per heavy atom. The van der Waals surface area contributed by atoms with E-state index in [9.17, 15) is 8.78 Å². The number of rotatable bonds is 3. The van der Waals surface area contributed by atoms with Crippen molar-refractivity contribution in [3.05, 3.63) is 106 Å². The first kappa shape index (κ1) is 16.0. The SMILES string of the molecule is Fc1ccc(C(c2ccc(F)cc2)n2ccc3cc(Br)ccc32)cc1. The van der Waals surface area contributed by atoms with E-state index in [0.717, 1.165) is 26.5 Å². The molecule has 3 aromatic carbocycles. The van der Waals surface area contributed by atoms with Crippen molar-refractivity contribution in [2.24, 2.45) is 0 Å². The van der Waals surface area contributed by atoms with Gasteiger partial charge in [-0.3, -0.25) is 0 Å². The normalized spacial score (nSPS) is 11.4. The lowest BCUT2D eigenvalue weighted by atomic mass is 9.98. The van der Waals surface area contributed by atoms with Crippen molar-refractivity contribution in [2.45, 2.75) is 6.04 Å². The van der Waals surface area contributed by atoms with Gasteiger partial charge >= 0.3 is 0 Å². The van der Waals surface area contributed by atoms with Crippen LogP contribution in [0.5, 0.6) is 0 Å². The molecule has 0 aliphatic rings. The van der Waals surface area contributed by atoms with Gasteiger partial charge in [-0.05, 0) is 59.7 Å². The minimum Gasteiger partial charge on any atom is -0.336 e. The first-order valence-corrected chi connectivity index (χ1v) is 8.68. The van der Waals surface area contributed by atoms with E-state index in [-0.39, 0.29) is 17.7 Å². The highest BCUT2D eigenvalue weighted by molar-refractivity contribution is 9.10. The van der Waals surface area contributed by atoms with Crippen molar-refractivity contribution < 1.29 is 8.78 Å². The maximum absolute atomic E-state index is 13.4. The maximum Gasteiger partial charge on any atom is 0.123 e. The van der Waals surface area contributed by atoms with Crippen LogP contribution in [0.15, 0.2) is 83.5 Å². The number of hydrogen-bond donors (Lipinski definition) is 0. The minimum atomic E-state index is -0.275. The molecule has 1 nitrogen and oxygen atoms in total. The molecular formula is C21H14BrF2N. The molecule has 0 fully saturated rings. The lowest BCUT2D eigenvalue weighted by Crippen LogP contribution is -2.11. The summed E-state index contributed by atoms with van der Waals surface area (Å²) in [4.78, 5) is 0. The van der Waals surface area contributed by atoms with Crippen molar-refractivity contribution in [3.8, 4) is 0 Å². The van der Waals surface area contributed by atoms with Gasteiger partial charge in [0, 0.05) is 21.6 Å². The Hall–Kier alpha value is -2.46. The van der Waals surface area contributed by atoms with Crippen LogP contribution < -0.4 is 0 Å². The molecule has 0 atom stereocenters. The molecular weight excluding hydrogens is 384 g/mol. The zero-order valence-corrected chi connectivity index (χ0v) is 14.8. The molecule has 0 spiro atoms. The van der Waals surface area contributed by atoms with Crippen molar-refractivity contribution in [1.82, 2.24) is 4.57 Å². The van der Waals surface area contributed by atoms with Gasteiger partial charge < -0.3 is 4.57 Å². The molecule has 4 rings (SSSR count). The van der Waals surface area contributed by atoms with Crippen LogP contribution >= 0.6 is 15.9 Å². The Bertz CT molecular complexity index is 975. The first-order chi connectivity index (χ1) is 12.1. The van der Waals surface area contributed by atoms with E-state index in [4.69, 9.17) is 0 Å². The van der Waals surface area contributed by atoms with Crippen LogP contribution in [0.3, 0.4) is 0 Å². The lowest BCUT2D eigenvalue weighted by molar-refractivity contribution is 0.621. The Morgan fingerprint density at radius 2 is 1.28 bits per heavy atom. The Morgan fingerprint density at radius 3 is 1.84 bits per heavy atom. The van der Waals surface area contributed by atoms with Gasteiger partial charge in [0.25, 0.3) is 0 Å². The fourth-order valence-corrected chi connectivity index (χ4v) is 3.54. The van der Waals surface area contributed by atoms with E-state index >= 15 is 0 Å². The summed E-state index contributed by atoms with van der Waals surface area (Å²) in [6, 6.07) is 20.9. The molecule has 0 saturated heterocycles. The molecule has 0 amide bonds. The molecule has 124 valence electrons. The smallest absolute Gasteiger partial charge is 0.123 e. The summed E-state index contributed by atoms with van der Waals surface area (Å²) in [5, 5.41) is 1.10. The Kier molecular flexibility index (Phi) is 4.14. The molecule has 1 heterocycles. The molecule has 0 unspecified atom stereocenters. The van der Waals surface area contributed by atoms with E-state index in [0.29, 0.717) is 0 Å². The number of hydrogen-bond acceptors (Lipinski definition) is 0. The van der Waals surface area contributed by atoms with Crippen LogP contribution in [0.1, 0.15) is 17.2 Å². The second kappa shape index (κ2) is 6.45. The molecule has 0 saturated carbocycles. The molecule has 25 heavy (non-hydrogen) atoms. The molecule has 0 N–H and O–H groups in total. The maximum atomic E-state index is 13.4. The van der Waals surface area contributed by atoms with E-state index in [1.54, 1.807) is 24.3 Å². The minimum absolute atomic E-state index is 0.167. The monoisotopic (exact) mass is 397 g/mol. The third-order valence-electron chi connectivity index (χ3n) is 4.33. The summed E-state index contributed by atoms with van der Waals surface area (Å²) in [5.74, 6) is -0.550. The summed E-state index contributed by atoms with van der Waals surface area (Å²) in [6.07, 6.45) is 2.01. The van der Waals surface area contributed by atoms with Gasteiger partial charge in [0.15, 0.2) is 0 Å². The fourth-order valence-electron chi connectivity index (χ4n) is 3.16. The Balaban J connectivity index is 1.92. The molecule has 0 bridgehead atoms. The number of aromatic nitrogens is 1. The highest BCUT2D eigenvalue weighted by atomic mass is 79.9. The van der Waals surface area contributed by atoms with Crippen LogP contribution in [0.25, 0.3) is 10.9 Å². The first-order valence-electron chi connectivity index (χ1n) is 7.89. The van der Waals surface area contributed by atoms with Gasteiger partial charge in [0.1, 0.15) is 11.6 Å². The van der Waals surface area contributed by atoms with E-state index in [1.165, 1.54) is 24.3 Å². The Labute approximate surface area is 152 Å². The van der Waals surface area contributed by atoms with E-state index < -0.39 is 0 Å². The molecule has 1 aromatic heterocycles. The molecule has 4 aromatic rings. The fraction of sp³-hybridized carbons (Fsp3) is 0.0476. The van der Waals surface area contributed by atoms with Crippen molar-refractivity contribution in [2.75, 3.05) is 0 Å².